The minimum absolute atomic E-state index is 0.670. The van der Waals surface area contributed by atoms with Gasteiger partial charge in [0.15, 0.2) is 0 Å². The van der Waals surface area contributed by atoms with E-state index in [2.05, 4.69) is 52.4 Å². The molecule has 1 aromatic rings. The molecule has 0 radical (unpaired) electrons. The number of benzene rings is 1. The van der Waals surface area contributed by atoms with Crippen molar-refractivity contribution < 1.29 is 0 Å². The molecule has 1 nitrogen and oxygen atoms in total. The predicted octanol–water partition coefficient (Wildman–Crippen LogP) is 4.36. The van der Waals surface area contributed by atoms with Gasteiger partial charge in [0.25, 0.3) is 0 Å². The average Bonchev–Trinajstić information content (AvgIpc) is 3.00. The molecule has 0 aliphatic heterocycles. The summed E-state index contributed by atoms with van der Waals surface area (Å²) in [6.45, 7) is 3.38. The van der Waals surface area contributed by atoms with Crippen LogP contribution in [-0.2, 0) is 6.54 Å². The van der Waals surface area contributed by atoms with Gasteiger partial charge in [0.1, 0.15) is 0 Å². The van der Waals surface area contributed by atoms with Gasteiger partial charge in [0, 0.05) is 17.1 Å². The minimum Gasteiger partial charge on any atom is -0.310 e. The zero-order valence-electron chi connectivity index (χ0n) is 11.0. The summed E-state index contributed by atoms with van der Waals surface area (Å²) >= 11 is 3.48. The highest BCUT2D eigenvalue weighted by Crippen LogP contribution is 2.49. The van der Waals surface area contributed by atoms with Crippen molar-refractivity contribution in [2.24, 2.45) is 17.8 Å². The van der Waals surface area contributed by atoms with E-state index in [0.717, 1.165) is 28.8 Å². The van der Waals surface area contributed by atoms with Crippen molar-refractivity contribution in [2.45, 2.75) is 45.2 Å². The summed E-state index contributed by atoms with van der Waals surface area (Å²) in [5.41, 5.74) is 1.38. The average molecular weight is 308 g/mol. The second-order valence-electron chi connectivity index (χ2n) is 6.13. The Labute approximate surface area is 118 Å². The number of halogens is 1. The lowest BCUT2D eigenvalue weighted by Crippen LogP contribution is -2.35. The van der Waals surface area contributed by atoms with E-state index in [9.17, 15) is 0 Å². The number of hydrogen-bond donors (Lipinski definition) is 1. The number of hydrogen-bond acceptors (Lipinski definition) is 1. The molecule has 0 unspecified atom stereocenters. The van der Waals surface area contributed by atoms with Crippen molar-refractivity contribution in [3.05, 3.63) is 34.3 Å². The Kier molecular flexibility index (Phi) is 3.76. The SMILES string of the molecule is C[C@@H](NCc1ccc(Br)cc1)[C@H]1C[C@H]2CC[C@H]1C2. The molecule has 0 heterocycles. The zero-order valence-corrected chi connectivity index (χ0v) is 12.6. The lowest BCUT2D eigenvalue weighted by molar-refractivity contribution is 0.259. The van der Waals surface area contributed by atoms with Crippen LogP contribution < -0.4 is 5.32 Å². The Morgan fingerprint density at radius 2 is 2.00 bits per heavy atom. The molecule has 1 N–H and O–H groups in total. The van der Waals surface area contributed by atoms with Gasteiger partial charge in [-0.15, -0.1) is 0 Å². The Morgan fingerprint density at radius 3 is 2.61 bits per heavy atom. The molecule has 2 fully saturated rings. The van der Waals surface area contributed by atoms with Crippen LogP contribution in [0.4, 0.5) is 0 Å². The van der Waals surface area contributed by atoms with E-state index in [1.54, 1.807) is 0 Å². The van der Waals surface area contributed by atoms with E-state index in [0.29, 0.717) is 6.04 Å². The smallest absolute Gasteiger partial charge is 0.0208 e. The molecule has 2 saturated carbocycles. The van der Waals surface area contributed by atoms with E-state index < -0.39 is 0 Å². The zero-order chi connectivity index (χ0) is 12.5. The molecule has 2 aliphatic carbocycles. The molecular formula is C16H22BrN. The third-order valence-electron chi connectivity index (χ3n) is 4.98. The first-order valence-corrected chi connectivity index (χ1v) is 7.99. The lowest BCUT2D eigenvalue weighted by atomic mass is 9.84. The topological polar surface area (TPSA) is 12.0 Å². The highest BCUT2D eigenvalue weighted by molar-refractivity contribution is 9.10. The molecule has 98 valence electrons. The Hall–Kier alpha value is -0.340. The molecule has 4 atom stereocenters. The molecule has 3 rings (SSSR count). The van der Waals surface area contributed by atoms with Crippen LogP contribution in [0.5, 0.6) is 0 Å². The van der Waals surface area contributed by atoms with E-state index in [1.165, 1.54) is 31.2 Å². The molecule has 18 heavy (non-hydrogen) atoms. The fourth-order valence-electron chi connectivity index (χ4n) is 3.94. The van der Waals surface area contributed by atoms with Crippen LogP contribution in [0.15, 0.2) is 28.7 Å². The van der Waals surface area contributed by atoms with Crippen molar-refractivity contribution in [3.63, 3.8) is 0 Å². The van der Waals surface area contributed by atoms with Crippen LogP contribution in [0.25, 0.3) is 0 Å². The molecule has 0 amide bonds. The third kappa shape index (κ3) is 2.65. The quantitative estimate of drug-likeness (QED) is 0.871. The third-order valence-corrected chi connectivity index (χ3v) is 5.51. The molecule has 2 bridgehead atoms. The maximum atomic E-state index is 3.73. The summed E-state index contributed by atoms with van der Waals surface area (Å²) in [7, 11) is 0. The lowest BCUT2D eigenvalue weighted by Gasteiger charge is -2.28. The molecule has 2 heteroatoms. The minimum atomic E-state index is 0.670. The standard InChI is InChI=1S/C16H22BrN/c1-11(16-9-13-2-5-14(16)8-13)18-10-12-3-6-15(17)7-4-12/h3-4,6-7,11,13-14,16,18H,2,5,8-10H2,1H3/t11-,13+,14+,16-/m1/s1. The molecular weight excluding hydrogens is 286 g/mol. The van der Waals surface area contributed by atoms with E-state index in [4.69, 9.17) is 0 Å². The molecule has 1 aromatic carbocycles. The van der Waals surface area contributed by atoms with Crippen LogP contribution in [-0.4, -0.2) is 6.04 Å². The summed E-state index contributed by atoms with van der Waals surface area (Å²) in [6.07, 6.45) is 5.97. The highest BCUT2D eigenvalue weighted by atomic mass is 79.9. The van der Waals surface area contributed by atoms with Gasteiger partial charge in [-0.1, -0.05) is 34.5 Å². The summed E-state index contributed by atoms with van der Waals surface area (Å²) in [5.74, 6) is 3.00. The Bertz CT molecular complexity index is 400. The van der Waals surface area contributed by atoms with Gasteiger partial charge in [-0.2, -0.15) is 0 Å². The van der Waals surface area contributed by atoms with Gasteiger partial charge in [0.2, 0.25) is 0 Å². The molecule has 0 spiro atoms. The van der Waals surface area contributed by atoms with E-state index in [-0.39, 0.29) is 0 Å². The largest absolute Gasteiger partial charge is 0.310 e. The van der Waals surface area contributed by atoms with Crippen LogP contribution in [0, 0.1) is 17.8 Å². The predicted molar refractivity (Wildman–Crippen MR) is 79.4 cm³/mol. The summed E-state index contributed by atoms with van der Waals surface area (Å²) in [4.78, 5) is 0. The van der Waals surface area contributed by atoms with Crippen molar-refractivity contribution in [1.29, 1.82) is 0 Å². The fourth-order valence-corrected chi connectivity index (χ4v) is 4.20. The van der Waals surface area contributed by atoms with E-state index >= 15 is 0 Å². The summed E-state index contributed by atoms with van der Waals surface area (Å²) in [6, 6.07) is 9.32. The highest BCUT2D eigenvalue weighted by Gasteiger charge is 2.41. The maximum Gasteiger partial charge on any atom is 0.0208 e. The first-order valence-electron chi connectivity index (χ1n) is 7.20. The van der Waals surface area contributed by atoms with Crippen molar-refractivity contribution in [3.8, 4) is 0 Å². The second-order valence-corrected chi connectivity index (χ2v) is 7.05. The fraction of sp³-hybridized carbons (Fsp3) is 0.625. The molecule has 0 aromatic heterocycles. The first kappa shape index (κ1) is 12.7. The molecule has 2 aliphatic rings. The summed E-state index contributed by atoms with van der Waals surface area (Å²) in [5, 5.41) is 3.73. The van der Waals surface area contributed by atoms with Gasteiger partial charge in [-0.25, -0.2) is 0 Å². The second kappa shape index (κ2) is 5.34. The number of nitrogens with one attached hydrogen (secondary N) is 1. The molecule has 0 saturated heterocycles. The van der Waals surface area contributed by atoms with Crippen molar-refractivity contribution in [1.82, 2.24) is 5.32 Å². The van der Waals surface area contributed by atoms with E-state index in [1.807, 2.05) is 0 Å². The van der Waals surface area contributed by atoms with Gasteiger partial charge >= 0.3 is 0 Å². The van der Waals surface area contributed by atoms with Gasteiger partial charge in [-0.3, -0.25) is 0 Å². The first-order chi connectivity index (χ1) is 8.72. The monoisotopic (exact) mass is 307 g/mol. The summed E-state index contributed by atoms with van der Waals surface area (Å²) < 4.78 is 1.16. The normalized spacial score (nSPS) is 31.8. The maximum absolute atomic E-state index is 3.73. The van der Waals surface area contributed by atoms with Crippen molar-refractivity contribution in [2.75, 3.05) is 0 Å². The van der Waals surface area contributed by atoms with Crippen molar-refractivity contribution >= 4 is 15.9 Å². The number of rotatable bonds is 4. The van der Waals surface area contributed by atoms with Crippen LogP contribution in [0.2, 0.25) is 0 Å². The van der Waals surface area contributed by atoms with Gasteiger partial charge < -0.3 is 5.32 Å². The van der Waals surface area contributed by atoms with Crippen LogP contribution >= 0.6 is 15.9 Å². The van der Waals surface area contributed by atoms with Gasteiger partial charge in [0.05, 0.1) is 0 Å². The Morgan fingerprint density at radius 1 is 1.22 bits per heavy atom. The van der Waals surface area contributed by atoms with Crippen LogP contribution in [0.1, 0.15) is 38.2 Å². The Balaban J connectivity index is 1.52. The van der Waals surface area contributed by atoms with Crippen LogP contribution in [0.3, 0.4) is 0 Å². The number of fused-ring (bicyclic) bond motifs is 2. The van der Waals surface area contributed by atoms with Gasteiger partial charge in [-0.05, 0) is 61.6 Å².